The van der Waals surface area contributed by atoms with Gasteiger partial charge in [0, 0.05) is 25.8 Å². The van der Waals surface area contributed by atoms with Crippen LogP contribution in [0, 0.1) is 0 Å². The minimum atomic E-state index is 0.0479. The molecule has 0 saturated carbocycles. The van der Waals surface area contributed by atoms with Gasteiger partial charge < -0.3 is 20.4 Å². The van der Waals surface area contributed by atoms with E-state index in [4.69, 9.17) is 10.2 Å². The van der Waals surface area contributed by atoms with Gasteiger partial charge in [-0.05, 0) is 42.8 Å². The summed E-state index contributed by atoms with van der Waals surface area (Å²) in [5.74, 6) is 0. The molecule has 26 heavy (non-hydrogen) atoms. The molecule has 4 N–H and O–H groups in total. The van der Waals surface area contributed by atoms with E-state index in [0.29, 0.717) is 13.1 Å². The van der Waals surface area contributed by atoms with Gasteiger partial charge in [0.1, 0.15) is 0 Å². The summed E-state index contributed by atoms with van der Waals surface area (Å²) in [6.45, 7) is 7.04. The fourth-order valence-electron chi connectivity index (χ4n) is 2.31. The lowest BCUT2D eigenvalue weighted by Crippen LogP contribution is -2.72. The monoisotopic (exact) mass is 359 g/mol. The largest absolute Gasteiger partial charge is 0.395 e. The van der Waals surface area contributed by atoms with Crippen molar-refractivity contribution in [1.29, 1.82) is 0 Å². The van der Waals surface area contributed by atoms with Gasteiger partial charge in [-0.1, -0.05) is 18.7 Å². The van der Waals surface area contributed by atoms with Gasteiger partial charge >= 0.3 is 0 Å². The number of nitrogens with two attached hydrogens (primary N) is 1. The van der Waals surface area contributed by atoms with Crippen LogP contribution in [0.5, 0.6) is 0 Å². The van der Waals surface area contributed by atoms with Crippen LogP contribution in [0.4, 0.5) is 11.4 Å². The lowest BCUT2D eigenvalue weighted by atomic mass is 10.2. The number of quaternary nitrogens is 1. The zero-order chi connectivity index (χ0) is 19.4. The molecule has 0 aliphatic rings. The zero-order valence-corrected chi connectivity index (χ0v) is 16.0. The first-order valence-corrected chi connectivity index (χ1v) is 8.71. The van der Waals surface area contributed by atoms with Gasteiger partial charge in [0.2, 0.25) is 0 Å². The Labute approximate surface area is 156 Å². The first-order chi connectivity index (χ1) is 12.5. The SMILES string of the molecule is C=C(/C=C\C=C/[NH2+]C)/C(C)=N/N(C)c1ccc(N(CCO)CCO)cc1. The molecule has 1 rings (SSSR count). The Bertz CT molecular complexity index is 630. The van der Waals surface area contributed by atoms with Crippen molar-refractivity contribution in [1.82, 2.24) is 0 Å². The van der Waals surface area contributed by atoms with Gasteiger partial charge in [-0.2, -0.15) is 5.10 Å². The summed E-state index contributed by atoms with van der Waals surface area (Å²) >= 11 is 0. The van der Waals surface area contributed by atoms with E-state index >= 15 is 0 Å². The van der Waals surface area contributed by atoms with Crippen molar-refractivity contribution in [3.63, 3.8) is 0 Å². The molecular weight excluding hydrogens is 328 g/mol. The number of nitrogens with zero attached hydrogens (tertiary/aromatic N) is 3. The smallest absolute Gasteiger partial charge is 0.0923 e. The molecule has 0 radical (unpaired) electrons. The lowest BCUT2D eigenvalue weighted by molar-refractivity contribution is -0.556. The predicted molar refractivity (Wildman–Crippen MR) is 110 cm³/mol. The Morgan fingerprint density at radius 1 is 1.12 bits per heavy atom. The summed E-state index contributed by atoms with van der Waals surface area (Å²) in [4.78, 5) is 1.94. The number of rotatable bonds is 11. The molecule has 1 aromatic rings. The van der Waals surface area contributed by atoms with Crippen molar-refractivity contribution in [3.8, 4) is 0 Å². The van der Waals surface area contributed by atoms with Crippen LogP contribution in [-0.2, 0) is 0 Å². The number of aliphatic hydroxyl groups excluding tert-OH is 2. The number of hydrogen-bond acceptors (Lipinski definition) is 5. The molecule has 0 atom stereocenters. The minimum absolute atomic E-state index is 0.0479. The molecule has 0 unspecified atom stereocenters. The summed E-state index contributed by atoms with van der Waals surface area (Å²) in [7, 11) is 3.86. The third kappa shape index (κ3) is 7.23. The number of hydrazone groups is 1. The highest BCUT2D eigenvalue weighted by molar-refractivity contribution is 6.00. The maximum absolute atomic E-state index is 9.14. The van der Waals surface area contributed by atoms with Crippen LogP contribution in [0.2, 0.25) is 0 Å². The predicted octanol–water partition coefficient (Wildman–Crippen LogP) is 1.11. The van der Waals surface area contributed by atoms with E-state index in [1.165, 1.54) is 0 Å². The fourth-order valence-corrected chi connectivity index (χ4v) is 2.31. The average molecular weight is 359 g/mol. The molecule has 0 aromatic heterocycles. The second-order valence-corrected chi connectivity index (χ2v) is 5.76. The molecule has 0 heterocycles. The highest BCUT2D eigenvalue weighted by Crippen LogP contribution is 2.20. The van der Waals surface area contributed by atoms with Gasteiger partial charge in [0.15, 0.2) is 0 Å². The van der Waals surface area contributed by atoms with Crippen molar-refractivity contribution >= 4 is 17.1 Å². The van der Waals surface area contributed by atoms with Crippen LogP contribution in [-0.4, -0.2) is 56.3 Å². The van der Waals surface area contributed by atoms with E-state index in [1.807, 2.05) is 79.9 Å². The number of benzene rings is 1. The Hall–Kier alpha value is -2.41. The molecule has 0 fully saturated rings. The average Bonchev–Trinajstić information content (AvgIpc) is 2.65. The van der Waals surface area contributed by atoms with E-state index in [2.05, 4.69) is 11.7 Å². The van der Waals surface area contributed by atoms with Crippen molar-refractivity contribution in [3.05, 3.63) is 60.8 Å². The Kier molecular flexibility index (Phi) is 10.0. The van der Waals surface area contributed by atoms with Gasteiger partial charge in [-0.15, -0.1) is 0 Å². The highest BCUT2D eigenvalue weighted by Gasteiger charge is 2.07. The maximum atomic E-state index is 9.14. The second-order valence-electron chi connectivity index (χ2n) is 5.76. The summed E-state index contributed by atoms with van der Waals surface area (Å²) in [5, 5.41) is 26.6. The van der Waals surface area contributed by atoms with Crippen LogP contribution in [0.3, 0.4) is 0 Å². The topological polar surface area (TPSA) is 75.9 Å². The van der Waals surface area contributed by atoms with Crippen LogP contribution < -0.4 is 15.2 Å². The van der Waals surface area contributed by atoms with Gasteiger partial charge in [-0.25, -0.2) is 0 Å². The second kappa shape index (κ2) is 12.0. The molecule has 0 bridgehead atoms. The van der Waals surface area contributed by atoms with Crippen LogP contribution in [0.15, 0.2) is 65.9 Å². The van der Waals surface area contributed by atoms with Crippen LogP contribution >= 0.6 is 0 Å². The first kappa shape index (κ1) is 21.6. The van der Waals surface area contributed by atoms with Crippen molar-refractivity contribution < 1.29 is 15.5 Å². The Morgan fingerprint density at radius 3 is 2.23 bits per heavy atom. The normalized spacial score (nSPS) is 12.1. The maximum Gasteiger partial charge on any atom is 0.0923 e. The summed E-state index contributed by atoms with van der Waals surface area (Å²) < 4.78 is 0. The third-order valence-electron chi connectivity index (χ3n) is 3.81. The van der Waals surface area contributed by atoms with Gasteiger partial charge in [-0.3, -0.25) is 5.01 Å². The van der Waals surface area contributed by atoms with Crippen LogP contribution in [0.25, 0.3) is 0 Å². The molecule has 0 aliphatic carbocycles. The third-order valence-corrected chi connectivity index (χ3v) is 3.81. The van der Waals surface area contributed by atoms with Crippen molar-refractivity contribution in [2.24, 2.45) is 5.10 Å². The molecule has 6 nitrogen and oxygen atoms in total. The molecule has 142 valence electrons. The molecule has 0 amide bonds. The van der Waals surface area contributed by atoms with Crippen molar-refractivity contribution in [2.75, 3.05) is 50.3 Å². The number of hydrogen-bond donors (Lipinski definition) is 3. The molecule has 0 aliphatic heterocycles. The van der Waals surface area contributed by atoms with Crippen molar-refractivity contribution in [2.45, 2.75) is 6.92 Å². The molecule has 6 heteroatoms. The van der Waals surface area contributed by atoms with E-state index in [0.717, 1.165) is 22.7 Å². The quantitative estimate of drug-likeness (QED) is 0.314. The fraction of sp³-hybridized carbons (Fsp3) is 0.350. The Balaban J connectivity index is 2.80. The Morgan fingerprint density at radius 2 is 1.69 bits per heavy atom. The number of allylic oxidation sites excluding steroid dienone is 4. The molecular formula is C20H31N4O2+. The molecule has 1 aromatic carbocycles. The standard InChI is InChI=1S/C20H30N4O2/c1-17(7-5-6-12-21-3)18(2)22-23(4)19-8-10-20(11-9-19)24(13-15-25)14-16-26/h5-12,21,25-26H,1,13-16H2,2-4H3/p+1/b7-5-,12-6-,22-18+. The van der Waals surface area contributed by atoms with Gasteiger partial charge in [0.25, 0.3) is 0 Å². The first-order valence-electron chi connectivity index (χ1n) is 8.71. The highest BCUT2D eigenvalue weighted by atomic mass is 16.3. The number of aliphatic hydroxyl groups is 2. The lowest BCUT2D eigenvalue weighted by Gasteiger charge is -2.23. The van der Waals surface area contributed by atoms with Gasteiger partial charge in [0.05, 0.1) is 37.9 Å². The van der Waals surface area contributed by atoms with E-state index in [-0.39, 0.29) is 13.2 Å². The number of anilines is 2. The van der Waals surface area contributed by atoms with E-state index < -0.39 is 0 Å². The van der Waals surface area contributed by atoms with Crippen LogP contribution in [0.1, 0.15) is 6.92 Å². The zero-order valence-electron chi connectivity index (χ0n) is 16.0. The van der Waals surface area contributed by atoms with E-state index in [9.17, 15) is 0 Å². The minimum Gasteiger partial charge on any atom is -0.395 e. The molecule has 0 spiro atoms. The molecule has 0 saturated heterocycles. The summed E-state index contributed by atoms with van der Waals surface area (Å²) in [6.07, 6.45) is 7.77. The summed E-state index contributed by atoms with van der Waals surface area (Å²) in [6, 6.07) is 7.85. The van der Waals surface area contributed by atoms with E-state index in [1.54, 1.807) is 5.01 Å². The summed E-state index contributed by atoms with van der Waals surface area (Å²) in [5.41, 5.74) is 3.59.